The number of rotatable bonds is 5. The predicted octanol–water partition coefficient (Wildman–Crippen LogP) is 3.74. The lowest BCUT2D eigenvalue weighted by atomic mass is 10.1. The van der Waals surface area contributed by atoms with E-state index in [1.807, 2.05) is 13.8 Å². The highest BCUT2D eigenvalue weighted by Gasteiger charge is 2.32. The van der Waals surface area contributed by atoms with Crippen LogP contribution >= 0.6 is 0 Å². The zero-order chi connectivity index (χ0) is 21.1. The Labute approximate surface area is 166 Å². The van der Waals surface area contributed by atoms with Crippen LogP contribution in [0.25, 0.3) is 0 Å². The first kappa shape index (κ1) is 21.1. The van der Waals surface area contributed by atoms with E-state index < -0.39 is 35.7 Å². The first-order valence-electron chi connectivity index (χ1n) is 9.30. The summed E-state index contributed by atoms with van der Waals surface area (Å²) in [5.74, 6) is -5.39. The maximum Gasteiger partial charge on any atom is 0.260 e. The molecule has 1 saturated heterocycles. The maximum absolute atomic E-state index is 13.7. The third-order valence-corrected chi connectivity index (χ3v) is 5.08. The molecule has 0 bridgehead atoms. The second-order valence-corrected chi connectivity index (χ2v) is 7.26. The molecule has 0 saturated carbocycles. The second kappa shape index (κ2) is 8.82. The van der Waals surface area contributed by atoms with Gasteiger partial charge in [0.2, 0.25) is 5.82 Å². The number of amides is 1. The van der Waals surface area contributed by atoms with Crippen molar-refractivity contribution in [1.82, 2.24) is 9.80 Å². The summed E-state index contributed by atoms with van der Waals surface area (Å²) in [4.78, 5) is 16.3. The highest BCUT2D eigenvalue weighted by atomic mass is 19.2. The Morgan fingerprint density at radius 2 is 1.62 bits per heavy atom. The van der Waals surface area contributed by atoms with Gasteiger partial charge in [0.1, 0.15) is 5.82 Å². The van der Waals surface area contributed by atoms with Gasteiger partial charge in [0.25, 0.3) is 5.91 Å². The van der Waals surface area contributed by atoms with E-state index in [0.717, 1.165) is 11.6 Å². The predicted molar refractivity (Wildman–Crippen MR) is 99.3 cm³/mol. The van der Waals surface area contributed by atoms with Crippen LogP contribution in [0.1, 0.15) is 19.4 Å². The van der Waals surface area contributed by atoms with E-state index in [2.05, 4.69) is 4.90 Å². The maximum atomic E-state index is 13.7. The average Bonchev–Trinajstić information content (AvgIpc) is 2.69. The Morgan fingerprint density at radius 1 is 0.966 bits per heavy atom. The molecule has 0 aliphatic carbocycles. The summed E-state index contributed by atoms with van der Waals surface area (Å²) in [6.45, 7) is 4.83. The van der Waals surface area contributed by atoms with Crippen LogP contribution in [0.2, 0.25) is 0 Å². The third kappa shape index (κ3) is 4.87. The Hall–Kier alpha value is -2.61. The van der Waals surface area contributed by atoms with Crippen LogP contribution in [0.15, 0.2) is 36.4 Å². The van der Waals surface area contributed by atoms with Gasteiger partial charge in [-0.2, -0.15) is 4.39 Å². The molecule has 1 heterocycles. The molecule has 0 radical (unpaired) electrons. The standard InChI is InChI=1S/C21H22F4N2O2/c1-13-10-27(14(2)9-26(13)11-15-3-5-16(22)6-4-15)19(28)12-29-21-18(24)8-7-17(23)20(21)25/h3-8,13-14H,9-12H2,1-2H3. The SMILES string of the molecule is CC1CN(C(=O)COc2c(F)ccc(F)c2F)C(C)CN1Cc1ccc(F)cc1. The summed E-state index contributed by atoms with van der Waals surface area (Å²) in [5.41, 5.74) is 0.964. The molecule has 0 spiro atoms. The lowest BCUT2D eigenvalue weighted by molar-refractivity contribution is -0.139. The molecule has 1 aliphatic heterocycles. The third-order valence-electron chi connectivity index (χ3n) is 5.08. The number of nitrogens with zero attached hydrogens (tertiary/aromatic N) is 2. The zero-order valence-electron chi connectivity index (χ0n) is 16.2. The van der Waals surface area contributed by atoms with Crippen molar-refractivity contribution >= 4 is 5.91 Å². The largest absolute Gasteiger partial charge is 0.478 e. The van der Waals surface area contributed by atoms with E-state index in [9.17, 15) is 22.4 Å². The Morgan fingerprint density at radius 3 is 2.31 bits per heavy atom. The minimum absolute atomic E-state index is 0.0165. The second-order valence-electron chi connectivity index (χ2n) is 7.26. The first-order valence-corrected chi connectivity index (χ1v) is 9.30. The lowest BCUT2D eigenvalue weighted by Crippen LogP contribution is -2.58. The van der Waals surface area contributed by atoms with E-state index in [-0.39, 0.29) is 17.9 Å². The van der Waals surface area contributed by atoms with Crippen molar-refractivity contribution in [3.8, 4) is 5.75 Å². The molecular formula is C21H22F4N2O2. The van der Waals surface area contributed by atoms with Crippen LogP contribution in [0, 0.1) is 23.3 Å². The highest BCUT2D eigenvalue weighted by molar-refractivity contribution is 5.78. The average molecular weight is 410 g/mol. The number of piperazine rings is 1. The molecule has 0 N–H and O–H groups in total. The molecule has 2 aromatic rings. The molecule has 2 atom stereocenters. The molecule has 8 heteroatoms. The Kier molecular flexibility index (Phi) is 6.42. The van der Waals surface area contributed by atoms with Gasteiger partial charge in [-0.05, 0) is 43.7 Å². The van der Waals surface area contributed by atoms with Crippen LogP contribution in [-0.4, -0.2) is 47.5 Å². The normalized spacial score (nSPS) is 20.0. The number of carbonyl (C=O) groups is 1. The summed E-state index contributed by atoms with van der Waals surface area (Å²) in [6, 6.07) is 7.52. The monoisotopic (exact) mass is 410 g/mol. The van der Waals surface area contributed by atoms with Crippen molar-refractivity contribution in [3.05, 3.63) is 65.2 Å². The lowest BCUT2D eigenvalue weighted by Gasteiger charge is -2.44. The minimum atomic E-state index is -1.46. The molecule has 1 fully saturated rings. The van der Waals surface area contributed by atoms with Gasteiger partial charge < -0.3 is 9.64 Å². The van der Waals surface area contributed by atoms with Crippen molar-refractivity contribution in [2.45, 2.75) is 32.5 Å². The van der Waals surface area contributed by atoms with Crippen LogP contribution < -0.4 is 4.74 Å². The van der Waals surface area contributed by atoms with E-state index in [0.29, 0.717) is 25.7 Å². The summed E-state index contributed by atoms with van der Waals surface area (Å²) < 4.78 is 58.6. The topological polar surface area (TPSA) is 32.8 Å². The fourth-order valence-corrected chi connectivity index (χ4v) is 3.45. The number of hydrogen-bond donors (Lipinski definition) is 0. The highest BCUT2D eigenvalue weighted by Crippen LogP contribution is 2.24. The van der Waals surface area contributed by atoms with Crippen LogP contribution in [0.3, 0.4) is 0 Å². The smallest absolute Gasteiger partial charge is 0.260 e. The molecule has 1 aliphatic rings. The first-order chi connectivity index (χ1) is 13.8. The molecule has 3 rings (SSSR count). The molecule has 4 nitrogen and oxygen atoms in total. The van der Waals surface area contributed by atoms with Crippen LogP contribution in [0.4, 0.5) is 17.6 Å². The van der Waals surface area contributed by atoms with E-state index in [1.54, 1.807) is 17.0 Å². The quantitative estimate of drug-likeness (QED) is 0.556. The number of halogens is 4. The van der Waals surface area contributed by atoms with Crippen molar-refractivity contribution in [1.29, 1.82) is 0 Å². The summed E-state index contributed by atoms with van der Waals surface area (Å²) in [7, 11) is 0. The molecule has 29 heavy (non-hydrogen) atoms. The van der Waals surface area contributed by atoms with E-state index in [1.165, 1.54) is 12.1 Å². The van der Waals surface area contributed by atoms with Crippen LogP contribution in [0.5, 0.6) is 5.75 Å². The van der Waals surface area contributed by atoms with E-state index >= 15 is 0 Å². The van der Waals surface area contributed by atoms with Crippen molar-refractivity contribution in [3.63, 3.8) is 0 Å². The molecular weight excluding hydrogens is 388 g/mol. The van der Waals surface area contributed by atoms with Crippen molar-refractivity contribution in [2.24, 2.45) is 0 Å². The van der Waals surface area contributed by atoms with Gasteiger partial charge in [0.15, 0.2) is 24.0 Å². The Balaban J connectivity index is 1.60. The van der Waals surface area contributed by atoms with Gasteiger partial charge in [-0.1, -0.05) is 12.1 Å². The van der Waals surface area contributed by atoms with Gasteiger partial charge >= 0.3 is 0 Å². The summed E-state index contributed by atoms with van der Waals surface area (Å²) in [6.07, 6.45) is 0. The molecule has 2 unspecified atom stereocenters. The molecule has 0 aromatic heterocycles. The van der Waals surface area contributed by atoms with Gasteiger partial charge in [-0.15, -0.1) is 0 Å². The number of benzene rings is 2. The van der Waals surface area contributed by atoms with Crippen molar-refractivity contribution < 1.29 is 27.1 Å². The number of carbonyl (C=O) groups excluding carboxylic acids is 1. The van der Waals surface area contributed by atoms with Gasteiger partial charge in [-0.25, -0.2) is 13.2 Å². The van der Waals surface area contributed by atoms with Crippen molar-refractivity contribution in [2.75, 3.05) is 19.7 Å². The summed E-state index contributed by atoms with van der Waals surface area (Å²) >= 11 is 0. The van der Waals surface area contributed by atoms with Gasteiger partial charge in [0.05, 0.1) is 0 Å². The minimum Gasteiger partial charge on any atom is -0.478 e. The fraction of sp³-hybridized carbons (Fsp3) is 0.381. The van der Waals surface area contributed by atoms with Crippen LogP contribution in [-0.2, 0) is 11.3 Å². The summed E-state index contributed by atoms with van der Waals surface area (Å²) in [5, 5.41) is 0. The zero-order valence-corrected chi connectivity index (χ0v) is 16.2. The number of hydrogen-bond acceptors (Lipinski definition) is 3. The van der Waals surface area contributed by atoms with E-state index in [4.69, 9.17) is 4.74 Å². The Bertz CT molecular complexity index is 876. The fourth-order valence-electron chi connectivity index (χ4n) is 3.45. The molecule has 2 aromatic carbocycles. The molecule has 1 amide bonds. The van der Waals surface area contributed by atoms with Gasteiger partial charge in [0, 0.05) is 31.7 Å². The number of ether oxygens (including phenoxy) is 1. The molecule has 156 valence electrons. The van der Waals surface area contributed by atoms with Gasteiger partial charge in [-0.3, -0.25) is 9.69 Å².